The fraction of sp³-hybridized carbons (Fsp3) is 0.500. The molecule has 1 aliphatic rings. The summed E-state index contributed by atoms with van der Waals surface area (Å²) < 4.78 is 0. The topological polar surface area (TPSA) is 39.1 Å². The first-order chi connectivity index (χ1) is 8.05. The summed E-state index contributed by atoms with van der Waals surface area (Å²) in [6, 6.07) is 11.1. The standard InChI is InChI=1S/C14H19N3/c1-14(10-15,16-12-6-7-12)11-4-8-13(9-5-11)17(2)3/h4-5,8-9,12,16H,6-7H2,1-3H3. The summed E-state index contributed by atoms with van der Waals surface area (Å²) in [4.78, 5) is 2.06. The molecule has 17 heavy (non-hydrogen) atoms. The first kappa shape index (κ1) is 11.9. The van der Waals surface area contributed by atoms with E-state index in [4.69, 9.17) is 0 Å². The van der Waals surface area contributed by atoms with Crippen molar-refractivity contribution in [1.82, 2.24) is 5.32 Å². The molecule has 0 aliphatic heterocycles. The minimum Gasteiger partial charge on any atom is -0.378 e. The first-order valence-electron chi connectivity index (χ1n) is 6.02. The SMILES string of the molecule is CN(C)c1ccc(C(C)(C#N)NC2CC2)cc1. The van der Waals surface area contributed by atoms with Gasteiger partial charge < -0.3 is 4.90 Å². The molecule has 2 rings (SSSR count). The van der Waals surface area contributed by atoms with Crippen LogP contribution in [0.15, 0.2) is 24.3 Å². The van der Waals surface area contributed by atoms with Crippen molar-refractivity contribution in [2.24, 2.45) is 0 Å². The van der Waals surface area contributed by atoms with Gasteiger partial charge in [0.15, 0.2) is 0 Å². The summed E-state index contributed by atoms with van der Waals surface area (Å²) in [5.41, 5.74) is 1.63. The largest absolute Gasteiger partial charge is 0.378 e. The van der Waals surface area contributed by atoms with E-state index < -0.39 is 5.54 Å². The van der Waals surface area contributed by atoms with Crippen molar-refractivity contribution in [3.05, 3.63) is 29.8 Å². The number of nitrogens with one attached hydrogen (secondary N) is 1. The van der Waals surface area contributed by atoms with Crippen LogP contribution in [0.4, 0.5) is 5.69 Å². The van der Waals surface area contributed by atoms with Gasteiger partial charge in [-0.25, -0.2) is 0 Å². The van der Waals surface area contributed by atoms with Crippen LogP contribution in [0.1, 0.15) is 25.3 Å². The summed E-state index contributed by atoms with van der Waals surface area (Å²) in [7, 11) is 4.03. The number of nitrogens with zero attached hydrogens (tertiary/aromatic N) is 2. The minimum absolute atomic E-state index is 0.521. The average Bonchev–Trinajstić information content (AvgIpc) is 3.13. The molecule has 1 unspecified atom stereocenters. The van der Waals surface area contributed by atoms with Crippen LogP contribution in [-0.2, 0) is 5.54 Å². The number of nitriles is 1. The van der Waals surface area contributed by atoms with Crippen LogP contribution in [-0.4, -0.2) is 20.1 Å². The summed E-state index contributed by atoms with van der Waals surface area (Å²) in [5.74, 6) is 0. The highest BCUT2D eigenvalue weighted by atomic mass is 15.1. The highest BCUT2D eigenvalue weighted by Crippen LogP contribution is 2.28. The van der Waals surface area contributed by atoms with Gasteiger partial charge in [-0.3, -0.25) is 5.32 Å². The fourth-order valence-electron chi connectivity index (χ4n) is 1.91. The Balaban J connectivity index is 2.21. The summed E-state index contributed by atoms with van der Waals surface area (Å²) in [6.45, 7) is 1.95. The van der Waals surface area contributed by atoms with E-state index in [2.05, 4.69) is 28.4 Å². The van der Waals surface area contributed by atoms with Crippen molar-refractivity contribution in [3.63, 3.8) is 0 Å². The molecule has 0 bridgehead atoms. The summed E-state index contributed by atoms with van der Waals surface area (Å²) >= 11 is 0. The first-order valence-corrected chi connectivity index (χ1v) is 6.02. The van der Waals surface area contributed by atoms with E-state index in [0.717, 1.165) is 11.3 Å². The average molecular weight is 229 g/mol. The van der Waals surface area contributed by atoms with E-state index in [0.29, 0.717) is 6.04 Å². The molecular weight excluding hydrogens is 210 g/mol. The maximum Gasteiger partial charge on any atom is 0.129 e. The van der Waals surface area contributed by atoms with Crippen molar-refractivity contribution >= 4 is 5.69 Å². The van der Waals surface area contributed by atoms with Gasteiger partial charge in [-0.05, 0) is 37.5 Å². The van der Waals surface area contributed by atoms with Gasteiger partial charge >= 0.3 is 0 Å². The van der Waals surface area contributed by atoms with Gasteiger partial charge in [-0.2, -0.15) is 5.26 Å². The third kappa shape index (κ3) is 2.59. The van der Waals surface area contributed by atoms with Crippen LogP contribution in [0.25, 0.3) is 0 Å². The lowest BCUT2D eigenvalue weighted by Gasteiger charge is -2.24. The Morgan fingerprint density at radius 2 is 1.88 bits per heavy atom. The molecule has 0 aromatic heterocycles. The van der Waals surface area contributed by atoms with E-state index in [-0.39, 0.29) is 0 Å². The Kier molecular flexibility index (Phi) is 3.08. The molecule has 1 aromatic carbocycles. The molecule has 1 atom stereocenters. The second-order valence-electron chi connectivity index (χ2n) is 5.10. The molecular formula is C14H19N3. The fourth-order valence-corrected chi connectivity index (χ4v) is 1.91. The molecule has 1 fully saturated rings. The molecule has 1 N–H and O–H groups in total. The second kappa shape index (κ2) is 4.38. The zero-order chi connectivity index (χ0) is 12.5. The number of rotatable bonds is 4. The molecule has 0 radical (unpaired) electrons. The smallest absolute Gasteiger partial charge is 0.129 e. The van der Waals surface area contributed by atoms with Gasteiger partial charge in [0.05, 0.1) is 6.07 Å². The number of hydrogen-bond donors (Lipinski definition) is 1. The number of benzene rings is 1. The lowest BCUT2D eigenvalue weighted by atomic mass is 9.93. The monoisotopic (exact) mass is 229 g/mol. The molecule has 0 saturated heterocycles. The third-order valence-corrected chi connectivity index (χ3v) is 3.25. The predicted molar refractivity (Wildman–Crippen MR) is 69.9 cm³/mol. The maximum absolute atomic E-state index is 9.37. The van der Waals surface area contributed by atoms with Crippen molar-refractivity contribution in [2.75, 3.05) is 19.0 Å². The highest BCUT2D eigenvalue weighted by Gasteiger charge is 2.33. The summed E-state index contributed by atoms with van der Waals surface area (Å²) in [5, 5.41) is 12.8. The van der Waals surface area contributed by atoms with Gasteiger partial charge in [-0.1, -0.05) is 12.1 Å². The second-order valence-corrected chi connectivity index (χ2v) is 5.10. The third-order valence-electron chi connectivity index (χ3n) is 3.25. The Bertz CT molecular complexity index is 426. The molecule has 0 heterocycles. The molecule has 90 valence electrons. The van der Waals surface area contributed by atoms with Gasteiger partial charge in [-0.15, -0.1) is 0 Å². The van der Waals surface area contributed by atoms with Gasteiger partial charge in [0.25, 0.3) is 0 Å². The van der Waals surface area contributed by atoms with Crippen LogP contribution in [0.5, 0.6) is 0 Å². The molecule has 0 amide bonds. The van der Waals surface area contributed by atoms with Crippen LogP contribution in [0.3, 0.4) is 0 Å². The van der Waals surface area contributed by atoms with Crippen molar-refractivity contribution in [1.29, 1.82) is 5.26 Å². The lowest BCUT2D eigenvalue weighted by Crippen LogP contribution is -2.39. The molecule has 3 heteroatoms. The van der Waals surface area contributed by atoms with E-state index >= 15 is 0 Å². The lowest BCUT2D eigenvalue weighted by molar-refractivity contribution is 0.462. The van der Waals surface area contributed by atoms with Gasteiger partial charge in [0.1, 0.15) is 5.54 Å². The van der Waals surface area contributed by atoms with Gasteiger partial charge in [0.2, 0.25) is 0 Å². The Labute approximate surface area is 103 Å². The Hall–Kier alpha value is -1.53. The molecule has 3 nitrogen and oxygen atoms in total. The van der Waals surface area contributed by atoms with Crippen molar-refractivity contribution < 1.29 is 0 Å². The van der Waals surface area contributed by atoms with Crippen LogP contribution in [0, 0.1) is 11.3 Å². The molecule has 0 spiro atoms. The van der Waals surface area contributed by atoms with Crippen LogP contribution >= 0.6 is 0 Å². The molecule has 1 aliphatic carbocycles. The predicted octanol–water partition coefficient (Wildman–Crippen LogP) is 2.24. The number of hydrogen-bond acceptors (Lipinski definition) is 3. The highest BCUT2D eigenvalue weighted by molar-refractivity contribution is 5.48. The van der Waals surface area contributed by atoms with Crippen molar-refractivity contribution in [3.8, 4) is 6.07 Å². The zero-order valence-electron chi connectivity index (χ0n) is 10.7. The van der Waals surface area contributed by atoms with Gasteiger partial charge in [0, 0.05) is 25.8 Å². The Morgan fingerprint density at radius 3 is 2.29 bits per heavy atom. The number of anilines is 1. The molecule has 1 saturated carbocycles. The van der Waals surface area contributed by atoms with E-state index in [1.165, 1.54) is 12.8 Å². The van der Waals surface area contributed by atoms with Crippen LogP contribution < -0.4 is 10.2 Å². The quantitative estimate of drug-likeness (QED) is 0.860. The normalized spacial score (nSPS) is 18.2. The molecule has 1 aromatic rings. The van der Waals surface area contributed by atoms with Crippen LogP contribution in [0.2, 0.25) is 0 Å². The maximum atomic E-state index is 9.37. The zero-order valence-corrected chi connectivity index (χ0v) is 10.7. The van der Waals surface area contributed by atoms with E-state index in [9.17, 15) is 5.26 Å². The minimum atomic E-state index is -0.563. The van der Waals surface area contributed by atoms with Crippen molar-refractivity contribution in [2.45, 2.75) is 31.3 Å². The van der Waals surface area contributed by atoms with E-state index in [1.807, 2.05) is 33.2 Å². The Morgan fingerprint density at radius 1 is 1.29 bits per heavy atom. The summed E-state index contributed by atoms with van der Waals surface area (Å²) in [6.07, 6.45) is 2.38. The van der Waals surface area contributed by atoms with E-state index in [1.54, 1.807) is 0 Å².